The monoisotopic (exact) mass is 306 g/mol. The molecule has 1 aliphatic heterocycles. The first-order valence-electron chi connectivity index (χ1n) is 8.46. The van der Waals surface area contributed by atoms with Gasteiger partial charge in [-0.3, -0.25) is 14.8 Å². The summed E-state index contributed by atoms with van der Waals surface area (Å²) in [6, 6.07) is 0. The highest BCUT2D eigenvalue weighted by atomic mass is 16.5. The molecule has 122 valence electrons. The molecule has 0 radical (unpaired) electrons. The van der Waals surface area contributed by atoms with E-state index in [1.54, 1.807) is 6.20 Å². The fraction of sp³-hybridized carbons (Fsp3) is 0.750. The molecule has 2 heterocycles. The van der Waals surface area contributed by atoms with Crippen molar-refractivity contribution < 1.29 is 9.53 Å². The van der Waals surface area contributed by atoms with Crippen molar-refractivity contribution in [1.82, 2.24) is 20.4 Å². The van der Waals surface area contributed by atoms with E-state index in [2.05, 4.69) is 20.4 Å². The smallest absolute Gasteiger partial charge is 0.254 e. The molecule has 1 saturated heterocycles. The molecule has 0 spiro atoms. The molecule has 22 heavy (non-hydrogen) atoms. The van der Waals surface area contributed by atoms with Crippen molar-refractivity contribution in [2.75, 3.05) is 39.4 Å². The second kappa shape index (κ2) is 7.74. The number of rotatable bonds is 5. The van der Waals surface area contributed by atoms with Crippen molar-refractivity contribution in [3.05, 3.63) is 17.5 Å². The number of ether oxygens (including phenoxy) is 1. The van der Waals surface area contributed by atoms with E-state index in [4.69, 9.17) is 4.74 Å². The second-order valence-electron chi connectivity index (χ2n) is 6.24. The molecule has 1 saturated carbocycles. The third-order valence-corrected chi connectivity index (χ3v) is 4.74. The third kappa shape index (κ3) is 3.87. The fourth-order valence-electron chi connectivity index (χ4n) is 3.43. The van der Waals surface area contributed by atoms with Crippen molar-refractivity contribution in [2.45, 2.75) is 38.0 Å². The summed E-state index contributed by atoms with van der Waals surface area (Å²) in [6.07, 6.45) is 7.82. The van der Waals surface area contributed by atoms with Gasteiger partial charge in [-0.05, 0) is 12.8 Å². The largest absolute Gasteiger partial charge is 0.379 e. The van der Waals surface area contributed by atoms with Crippen LogP contribution >= 0.6 is 0 Å². The summed E-state index contributed by atoms with van der Waals surface area (Å²) >= 11 is 0. The first kappa shape index (κ1) is 15.5. The molecule has 1 amide bonds. The average Bonchev–Trinajstić information content (AvgIpc) is 3.06. The zero-order chi connectivity index (χ0) is 15.2. The molecule has 0 atom stereocenters. The molecule has 2 fully saturated rings. The molecule has 1 aromatic heterocycles. The Bertz CT molecular complexity index is 476. The number of aromatic nitrogens is 2. The maximum atomic E-state index is 12.4. The minimum absolute atomic E-state index is 0.00239. The van der Waals surface area contributed by atoms with Crippen LogP contribution in [-0.2, 0) is 4.74 Å². The number of carbonyl (C=O) groups excluding carboxylic acids is 1. The van der Waals surface area contributed by atoms with Gasteiger partial charge in [0, 0.05) is 32.1 Å². The predicted octanol–water partition coefficient (Wildman–Crippen LogP) is 1.52. The maximum absolute atomic E-state index is 12.4. The van der Waals surface area contributed by atoms with Gasteiger partial charge in [-0.2, -0.15) is 5.10 Å². The lowest BCUT2D eigenvalue weighted by atomic mass is 9.85. The van der Waals surface area contributed by atoms with Crippen LogP contribution in [0.1, 0.15) is 54.1 Å². The average molecular weight is 306 g/mol. The number of hydrogen-bond donors (Lipinski definition) is 2. The molecule has 0 unspecified atom stereocenters. The van der Waals surface area contributed by atoms with E-state index in [0.29, 0.717) is 12.5 Å². The van der Waals surface area contributed by atoms with Gasteiger partial charge < -0.3 is 10.1 Å². The van der Waals surface area contributed by atoms with Gasteiger partial charge in [-0.25, -0.2) is 0 Å². The van der Waals surface area contributed by atoms with Crippen LogP contribution in [0.2, 0.25) is 0 Å². The summed E-state index contributed by atoms with van der Waals surface area (Å²) in [5, 5.41) is 10.2. The second-order valence-corrected chi connectivity index (χ2v) is 6.24. The standard InChI is InChI=1S/C16H26N4O2/c21-16(17-6-7-20-8-10-22-11-9-20)14-12-18-19-15(14)13-4-2-1-3-5-13/h12-13H,1-11H2,(H,17,21)(H,18,19). The Morgan fingerprint density at radius 1 is 1.32 bits per heavy atom. The quantitative estimate of drug-likeness (QED) is 0.865. The summed E-state index contributed by atoms with van der Waals surface area (Å²) < 4.78 is 5.33. The summed E-state index contributed by atoms with van der Waals surface area (Å²) in [6.45, 7) is 5.05. The molecule has 2 aliphatic rings. The molecule has 0 bridgehead atoms. The minimum atomic E-state index is 0.00239. The summed E-state index contributed by atoms with van der Waals surface area (Å²) in [7, 11) is 0. The lowest BCUT2D eigenvalue weighted by Crippen LogP contribution is -2.41. The SMILES string of the molecule is O=C(NCCN1CCOCC1)c1cn[nH]c1C1CCCCC1. The highest BCUT2D eigenvalue weighted by molar-refractivity contribution is 5.95. The van der Waals surface area contributed by atoms with Crippen molar-refractivity contribution in [3.8, 4) is 0 Å². The summed E-state index contributed by atoms with van der Waals surface area (Å²) in [5.74, 6) is 0.471. The van der Waals surface area contributed by atoms with E-state index in [0.717, 1.165) is 56.9 Å². The Balaban J connectivity index is 1.50. The number of nitrogens with one attached hydrogen (secondary N) is 2. The molecule has 6 heteroatoms. The van der Waals surface area contributed by atoms with Crippen LogP contribution in [0.15, 0.2) is 6.20 Å². The number of amides is 1. The van der Waals surface area contributed by atoms with E-state index in [1.165, 1.54) is 19.3 Å². The van der Waals surface area contributed by atoms with Gasteiger partial charge in [0.25, 0.3) is 5.91 Å². The number of nitrogens with zero attached hydrogens (tertiary/aromatic N) is 2. The first-order chi connectivity index (χ1) is 10.8. The number of carbonyl (C=O) groups is 1. The zero-order valence-corrected chi connectivity index (χ0v) is 13.1. The zero-order valence-electron chi connectivity index (χ0n) is 13.1. The molecule has 0 aromatic carbocycles. The normalized spacial score (nSPS) is 20.9. The van der Waals surface area contributed by atoms with E-state index < -0.39 is 0 Å². The molecule has 6 nitrogen and oxygen atoms in total. The van der Waals surface area contributed by atoms with E-state index in [1.807, 2.05) is 0 Å². The Morgan fingerprint density at radius 3 is 2.86 bits per heavy atom. The van der Waals surface area contributed by atoms with Gasteiger partial charge in [0.15, 0.2) is 0 Å². The van der Waals surface area contributed by atoms with E-state index in [-0.39, 0.29) is 5.91 Å². The minimum Gasteiger partial charge on any atom is -0.379 e. The van der Waals surface area contributed by atoms with E-state index in [9.17, 15) is 4.79 Å². The van der Waals surface area contributed by atoms with Crippen molar-refractivity contribution in [3.63, 3.8) is 0 Å². The topological polar surface area (TPSA) is 70.2 Å². The van der Waals surface area contributed by atoms with Gasteiger partial charge in [0.1, 0.15) is 0 Å². The van der Waals surface area contributed by atoms with Crippen LogP contribution in [-0.4, -0.2) is 60.4 Å². The highest BCUT2D eigenvalue weighted by Crippen LogP contribution is 2.32. The Kier molecular flexibility index (Phi) is 5.45. The van der Waals surface area contributed by atoms with Crippen molar-refractivity contribution in [2.24, 2.45) is 0 Å². The number of morpholine rings is 1. The van der Waals surface area contributed by atoms with E-state index >= 15 is 0 Å². The number of aromatic amines is 1. The molecular formula is C16H26N4O2. The molecule has 3 rings (SSSR count). The summed E-state index contributed by atoms with van der Waals surface area (Å²) in [5.41, 5.74) is 1.76. The van der Waals surface area contributed by atoms with Crippen LogP contribution in [0.25, 0.3) is 0 Å². The predicted molar refractivity (Wildman–Crippen MR) is 84.0 cm³/mol. The Labute approximate surface area is 131 Å². The maximum Gasteiger partial charge on any atom is 0.254 e. The van der Waals surface area contributed by atoms with Gasteiger partial charge in [0.2, 0.25) is 0 Å². The Hall–Kier alpha value is -1.40. The van der Waals surface area contributed by atoms with Gasteiger partial charge >= 0.3 is 0 Å². The van der Waals surface area contributed by atoms with Crippen molar-refractivity contribution in [1.29, 1.82) is 0 Å². The lowest BCUT2D eigenvalue weighted by molar-refractivity contribution is 0.0383. The summed E-state index contributed by atoms with van der Waals surface area (Å²) in [4.78, 5) is 14.7. The lowest BCUT2D eigenvalue weighted by Gasteiger charge is -2.26. The molecule has 2 N–H and O–H groups in total. The molecule has 1 aromatic rings. The number of hydrogen-bond acceptors (Lipinski definition) is 4. The van der Waals surface area contributed by atoms with Crippen LogP contribution < -0.4 is 5.32 Å². The molecular weight excluding hydrogens is 280 g/mol. The van der Waals surface area contributed by atoms with Crippen LogP contribution in [0.5, 0.6) is 0 Å². The van der Waals surface area contributed by atoms with Gasteiger partial charge in [0.05, 0.1) is 30.7 Å². The fourth-order valence-corrected chi connectivity index (χ4v) is 3.43. The molecule has 1 aliphatic carbocycles. The van der Waals surface area contributed by atoms with Crippen LogP contribution in [0.3, 0.4) is 0 Å². The first-order valence-corrected chi connectivity index (χ1v) is 8.46. The third-order valence-electron chi connectivity index (χ3n) is 4.74. The van der Waals surface area contributed by atoms with Gasteiger partial charge in [-0.15, -0.1) is 0 Å². The van der Waals surface area contributed by atoms with Crippen LogP contribution in [0, 0.1) is 0 Å². The number of H-pyrrole nitrogens is 1. The van der Waals surface area contributed by atoms with Crippen LogP contribution in [0.4, 0.5) is 0 Å². The van der Waals surface area contributed by atoms with Crippen molar-refractivity contribution >= 4 is 5.91 Å². The highest BCUT2D eigenvalue weighted by Gasteiger charge is 2.23. The van der Waals surface area contributed by atoms with Gasteiger partial charge in [-0.1, -0.05) is 19.3 Å². The Morgan fingerprint density at radius 2 is 2.09 bits per heavy atom.